The Hall–Kier alpha value is -1.91. The number of carbonyl (C=O) groups excluding carboxylic acids is 1. The van der Waals surface area contributed by atoms with Gasteiger partial charge in [-0.05, 0) is 67.6 Å². The smallest absolute Gasteiger partial charge is 0.223 e. The summed E-state index contributed by atoms with van der Waals surface area (Å²) in [5.74, 6) is 1.72. The Morgan fingerprint density at radius 3 is 2.49 bits per heavy atom. The molecule has 4 N–H and O–H groups in total. The third-order valence-corrected chi connectivity index (χ3v) is 8.27. The maximum atomic E-state index is 13.3. The van der Waals surface area contributed by atoms with Gasteiger partial charge in [0.2, 0.25) is 5.91 Å². The first-order valence-corrected chi connectivity index (χ1v) is 15.2. The molecule has 6 atom stereocenters. The summed E-state index contributed by atoms with van der Waals surface area (Å²) in [5.41, 5.74) is 7.73. The zero-order valence-corrected chi connectivity index (χ0v) is 26.4. The SMILES string of the molecule is COCCCOc1cc(CC(CC(N)C(O)CC(C(=O)N[C@@H]2CCOCC(OC)C2)C(C)C)C(C)C)ccc1OC. The topological polar surface area (TPSA) is 122 Å². The predicted octanol–water partition coefficient (Wildman–Crippen LogP) is 3.98. The number of carbonyl (C=O) groups is 1. The molecule has 5 unspecified atom stereocenters. The first kappa shape index (κ1) is 35.3. The highest BCUT2D eigenvalue weighted by Gasteiger charge is 2.31. The van der Waals surface area contributed by atoms with Gasteiger partial charge >= 0.3 is 0 Å². The standard InChI is InChI=1S/C32H56N2O7/c1-21(2)24(15-23-9-10-30(39-7)31(16-23)41-13-8-12-37-5)17-28(33)29(35)19-27(22(3)4)32(36)34-25-11-14-40-20-26(18-25)38-6/h9-10,16,21-22,24-29,35H,8,11-15,17-20,33H2,1-7H3,(H,34,36)/t24?,25-,26?,27?,28?,29?/m1/s1. The molecule has 2 rings (SSSR count). The van der Waals surface area contributed by atoms with Crippen LogP contribution in [-0.2, 0) is 25.4 Å². The van der Waals surface area contributed by atoms with E-state index in [9.17, 15) is 9.90 Å². The number of nitrogens with two attached hydrogens (primary N) is 1. The lowest BCUT2D eigenvalue weighted by Crippen LogP contribution is -2.45. The van der Waals surface area contributed by atoms with Crippen molar-refractivity contribution in [2.45, 2.75) is 90.5 Å². The minimum Gasteiger partial charge on any atom is -0.493 e. The van der Waals surface area contributed by atoms with E-state index >= 15 is 0 Å². The van der Waals surface area contributed by atoms with Gasteiger partial charge in [0.1, 0.15) is 0 Å². The fourth-order valence-corrected chi connectivity index (χ4v) is 5.41. The minimum absolute atomic E-state index is 0.00863. The number of methoxy groups -OCH3 is 3. The lowest BCUT2D eigenvalue weighted by molar-refractivity contribution is -0.128. The highest BCUT2D eigenvalue weighted by molar-refractivity contribution is 5.79. The molecule has 0 saturated carbocycles. The number of hydrogen-bond acceptors (Lipinski definition) is 8. The average Bonchev–Trinajstić information content (AvgIpc) is 3.18. The van der Waals surface area contributed by atoms with Gasteiger partial charge in [-0.2, -0.15) is 0 Å². The van der Waals surface area contributed by atoms with E-state index in [-0.39, 0.29) is 35.8 Å². The zero-order chi connectivity index (χ0) is 30.4. The third kappa shape index (κ3) is 12.1. The summed E-state index contributed by atoms with van der Waals surface area (Å²) in [5, 5.41) is 14.4. The van der Waals surface area contributed by atoms with Gasteiger partial charge in [0.25, 0.3) is 0 Å². The Kier molecular flexibility index (Phi) is 16.0. The summed E-state index contributed by atoms with van der Waals surface area (Å²) in [4.78, 5) is 13.3. The van der Waals surface area contributed by atoms with Crippen LogP contribution < -0.4 is 20.5 Å². The zero-order valence-electron chi connectivity index (χ0n) is 26.4. The Bertz CT molecular complexity index is 882. The molecular weight excluding hydrogens is 524 g/mol. The average molecular weight is 581 g/mol. The molecule has 236 valence electrons. The fraction of sp³-hybridized carbons (Fsp3) is 0.781. The van der Waals surface area contributed by atoms with E-state index in [1.165, 1.54) is 0 Å². The number of rotatable bonds is 18. The molecule has 9 heteroatoms. The second-order valence-electron chi connectivity index (χ2n) is 12.1. The second kappa shape index (κ2) is 18.6. The Balaban J connectivity index is 2.01. The second-order valence-corrected chi connectivity index (χ2v) is 12.1. The molecule has 9 nitrogen and oxygen atoms in total. The highest BCUT2D eigenvalue weighted by Crippen LogP contribution is 2.32. The van der Waals surface area contributed by atoms with Crippen LogP contribution in [0.4, 0.5) is 0 Å². The number of hydrogen-bond donors (Lipinski definition) is 3. The number of aliphatic hydroxyl groups is 1. The number of ether oxygens (including phenoxy) is 5. The van der Waals surface area contributed by atoms with Crippen molar-refractivity contribution in [1.82, 2.24) is 5.32 Å². The first-order valence-electron chi connectivity index (χ1n) is 15.2. The van der Waals surface area contributed by atoms with Crippen LogP contribution in [0.1, 0.15) is 65.4 Å². The van der Waals surface area contributed by atoms with Crippen LogP contribution in [0.25, 0.3) is 0 Å². The number of amides is 1. The van der Waals surface area contributed by atoms with Crippen LogP contribution in [0, 0.1) is 23.7 Å². The third-order valence-electron chi connectivity index (χ3n) is 8.27. The van der Waals surface area contributed by atoms with Gasteiger partial charge in [0, 0.05) is 51.9 Å². The largest absolute Gasteiger partial charge is 0.493 e. The van der Waals surface area contributed by atoms with E-state index in [4.69, 9.17) is 29.4 Å². The van der Waals surface area contributed by atoms with Crippen molar-refractivity contribution in [3.8, 4) is 11.5 Å². The normalized spacial score (nSPS) is 20.8. The lowest BCUT2D eigenvalue weighted by Gasteiger charge is -2.31. The molecule has 0 radical (unpaired) electrons. The summed E-state index contributed by atoms with van der Waals surface area (Å²) >= 11 is 0. The molecule has 41 heavy (non-hydrogen) atoms. The van der Waals surface area contributed by atoms with Crippen LogP contribution in [0.2, 0.25) is 0 Å². The first-order chi connectivity index (χ1) is 19.6. The summed E-state index contributed by atoms with van der Waals surface area (Å²) < 4.78 is 27.7. The van der Waals surface area contributed by atoms with Crippen molar-refractivity contribution in [2.24, 2.45) is 29.4 Å². The number of nitrogens with one attached hydrogen (secondary N) is 1. The molecule has 1 heterocycles. The predicted molar refractivity (Wildman–Crippen MR) is 161 cm³/mol. The number of aliphatic hydroxyl groups excluding tert-OH is 1. The maximum Gasteiger partial charge on any atom is 0.223 e. The molecule has 0 spiro atoms. The highest BCUT2D eigenvalue weighted by atomic mass is 16.5. The fourth-order valence-electron chi connectivity index (χ4n) is 5.41. The van der Waals surface area contributed by atoms with Crippen molar-refractivity contribution in [3.05, 3.63) is 23.8 Å². The van der Waals surface area contributed by atoms with E-state index in [1.54, 1.807) is 21.3 Å². The van der Waals surface area contributed by atoms with Crippen LogP contribution >= 0.6 is 0 Å². The quantitative estimate of drug-likeness (QED) is 0.223. The van der Waals surface area contributed by atoms with Crippen LogP contribution in [-0.4, -0.2) is 83.1 Å². The molecule has 1 saturated heterocycles. The van der Waals surface area contributed by atoms with Crippen molar-refractivity contribution in [1.29, 1.82) is 0 Å². The van der Waals surface area contributed by atoms with Gasteiger partial charge in [0.15, 0.2) is 11.5 Å². The Morgan fingerprint density at radius 1 is 1.10 bits per heavy atom. The minimum atomic E-state index is -0.783. The summed E-state index contributed by atoms with van der Waals surface area (Å²) in [6.07, 6.45) is 3.23. The van der Waals surface area contributed by atoms with E-state index in [2.05, 4.69) is 25.2 Å². The molecule has 0 aromatic heterocycles. The van der Waals surface area contributed by atoms with Crippen molar-refractivity contribution in [3.63, 3.8) is 0 Å². The maximum absolute atomic E-state index is 13.3. The molecular formula is C32H56N2O7. The number of benzene rings is 1. The van der Waals surface area contributed by atoms with Crippen LogP contribution in [0.3, 0.4) is 0 Å². The summed E-state index contributed by atoms with van der Waals surface area (Å²) in [6, 6.07) is 5.59. The molecule has 1 aromatic carbocycles. The van der Waals surface area contributed by atoms with Crippen molar-refractivity contribution >= 4 is 5.91 Å². The van der Waals surface area contributed by atoms with E-state index in [0.717, 1.165) is 37.0 Å². The van der Waals surface area contributed by atoms with E-state index < -0.39 is 12.1 Å². The molecule has 1 fully saturated rings. The monoisotopic (exact) mass is 580 g/mol. The van der Waals surface area contributed by atoms with Gasteiger partial charge in [-0.15, -0.1) is 0 Å². The van der Waals surface area contributed by atoms with Gasteiger partial charge in [0.05, 0.1) is 32.5 Å². The van der Waals surface area contributed by atoms with Crippen LogP contribution in [0.15, 0.2) is 18.2 Å². The van der Waals surface area contributed by atoms with Gasteiger partial charge in [-0.3, -0.25) is 4.79 Å². The van der Waals surface area contributed by atoms with Gasteiger partial charge in [-0.1, -0.05) is 33.8 Å². The Morgan fingerprint density at radius 2 is 1.85 bits per heavy atom. The molecule has 1 aromatic rings. The summed E-state index contributed by atoms with van der Waals surface area (Å²) in [6.45, 7) is 10.7. The summed E-state index contributed by atoms with van der Waals surface area (Å²) in [7, 11) is 4.99. The molecule has 1 amide bonds. The van der Waals surface area contributed by atoms with Crippen LogP contribution in [0.5, 0.6) is 11.5 Å². The van der Waals surface area contributed by atoms with E-state index in [1.807, 2.05) is 26.0 Å². The van der Waals surface area contributed by atoms with Gasteiger partial charge < -0.3 is 39.8 Å². The molecule has 1 aliphatic rings. The lowest BCUT2D eigenvalue weighted by atomic mass is 9.80. The molecule has 1 aliphatic heterocycles. The molecule has 0 bridgehead atoms. The molecule has 0 aliphatic carbocycles. The van der Waals surface area contributed by atoms with Crippen molar-refractivity contribution in [2.75, 3.05) is 47.8 Å². The van der Waals surface area contributed by atoms with Crippen molar-refractivity contribution < 1.29 is 33.6 Å². The Labute approximate surface area is 247 Å². The van der Waals surface area contributed by atoms with Gasteiger partial charge in [-0.25, -0.2) is 0 Å². The van der Waals surface area contributed by atoms with E-state index in [0.29, 0.717) is 50.9 Å².